The second-order valence-corrected chi connectivity index (χ2v) is 13.6. The number of aliphatic hydroxyl groups is 3. The summed E-state index contributed by atoms with van der Waals surface area (Å²) in [6.07, 6.45) is 8.41. The Morgan fingerprint density at radius 2 is 1.18 bits per heavy atom. The van der Waals surface area contributed by atoms with Gasteiger partial charge in [0, 0.05) is 12.1 Å². The Morgan fingerprint density at radius 1 is 0.700 bits per heavy atom. The first-order valence-corrected chi connectivity index (χ1v) is 15.3. The molecule has 0 radical (unpaired) electrons. The zero-order valence-electron chi connectivity index (χ0n) is 26.4. The monoisotopic (exact) mass is 555 g/mol. The van der Waals surface area contributed by atoms with Gasteiger partial charge in [-0.3, -0.25) is 0 Å². The van der Waals surface area contributed by atoms with E-state index in [1.54, 1.807) is 0 Å². The van der Waals surface area contributed by atoms with Crippen LogP contribution >= 0.6 is 0 Å². The van der Waals surface area contributed by atoms with Crippen LogP contribution < -0.4 is 10.5 Å². The maximum absolute atomic E-state index is 11.0. The fourth-order valence-electron chi connectivity index (χ4n) is 5.86. The number of para-hydroxylation sites is 1. The normalized spacial score (nSPS) is 14.3. The quantitative estimate of drug-likeness (QED) is 0.165. The number of rotatable bonds is 16. The summed E-state index contributed by atoms with van der Waals surface area (Å²) < 4.78 is 7.11. The van der Waals surface area contributed by atoms with Crippen LogP contribution in [0.25, 0.3) is 0 Å². The van der Waals surface area contributed by atoms with Crippen molar-refractivity contribution in [3.63, 3.8) is 0 Å². The van der Waals surface area contributed by atoms with Gasteiger partial charge in [0.15, 0.2) is 0 Å². The van der Waals surface area contributed by atoms with Crippen molar-refractivity contribution in [3.05, 3.63) is 64.7 Å². The van der Waals surface area contributed by atoms with Crippen molar-refractivity contribution in [2.24, 2.45) is 11.1 Å². The summed E-state index contributed by atoms with van der Waals surface area (Å²) in [4.78, 5) is 0. The molecular formula is C35H57NO4. The first kappa shape index (κ1) is 34.3. The molecule has 40 heavy (non-hydrogen) atoms. The number of aliphatic hydroxyl groups excluding tert-OH is 3. The van der Waals surface area contributed by atoms with Crippen LogP contribution in [0, 0.1) is 5.41 Å². The van der Waals surface area contributed by atoms with Gasteiger partial charge in [-0.05, 0) is 52.5 Å². The summed E-state index contributed by atoms with van der Waals surface area (Å²) in [6, 6.07) is 14.0. The smallest absolute Gasteiger partial charge is 0.147 e. The molecule has 2 aromatic rings. The van der Waals surface area contributed by atoms with E-state index in [-0.39, 0.29) is 10.8 Å². The minimum absolute atomic E-state index is 0.294. The second-order valence-electron chi connectivity index (χ2n) is 13.6. The van der Waals surface area contributed by atoms with Crippen LogP contribution in [0.2, 0.25) is 0 Å². The number of nitrogens with two attached hydrogens (primary N) is 1. The Hall–Kier alpha value is -1.92. The summed E-state index contributed by atoms with van der Waals surface area (Å²) in [5.74, 6) is 0.646. The van der Waals surface area contributed by atoms with Gasteiger partial charge in [-0.1, -0.05) is 117 Å². The number of benzene rings is 2. The van der Waals surface area contributed by atoms with Crippen molar-refractivity contribution in [1.82, 2.24) is 0 Å². The lowest BCUT2D eigenvalue weighted by Crippen LogP contribution is -2.58. The molecule has 1 atom stereocenters. The van der Waals surface area contributed by atoms with Crippen LogP contribution in [0.4, 0.5) is 0 Å². The molecule has 0 aliphatic rings. The summed E-state index contributed by atoms with van der Waals surface area (Å²) in [6.45, 7) is 14.4. The minimum atomic E-state index is -1.34. The molecule has 0 aromatic heterocycles. The average Bonchev–Trinajstić information content (AvgIpc) is 2.92. The molecule has 0 amide bonds. The maximum Gasteiger partial charge on any atom is 0.147 e. The Bertz CT molecular complexity index is 975. The highest BCUT2D eigenvalue weighted by molar-refractivity contribution is 5.51. The number of hydrogen-bond donors (Lipinski definition) is 4. The van der Waals surface area contributed by atoms with Gasteiger partial charge in [0.25, 0.3) is 0 Å². The third-order valence-corrected chi connectivity index (χ3v) is 8.39. The van der Waals surface area contributed by atoms with Gasteiger partial charge in [0.05, 0.1) is 25.2 Å². The molecule has 0 fully saturated rings. The van der Waals surface area contributed by atoms with E-state index in [1.807, 2.05) is 30.3 Å². The lowest BCUT2D eigenvalue weighted by molar-refractivity contribution is -0.150. The lowest BCUT2D eigenvalue weighted by Gasteiger charge is -2.51. The lowest BCUT2D eigenvalue weighted by atomic mass is 9.60. The van der Waals surface area contributed by atoms with E-state index in [9.17, 15) is 15.3 Å². The van der Waals surface area contributed by atoms with E-state index in [4.69, 9.17) is 10.5 Å². The van der Waals surface area contributed by atoms with E-state index < -0.39 is 30.8 Å². The molecule has 5 N–H and O–H groups in total. The summed E-state index contributed by atoms with van der Waals surface area (Å²) in [5.41, 5.74) is 7.22. The predicted molar refractivity (Wildman–Crippen MR) is 167 cm³/mol. The standard InChI is InChI=1S/C35H57NO4/c1-8-9-10-11-12-13-17-20-35(34(24-37,25-38)26-39,40-28-18-15-14-16-19-28)31-29(32(2,3)4)21-27(23-36)22-30(31)33(5,6)7/h14-16,18-19,21-22,37-39H,8-13,17,20,23-26,36H2,1-7H3. The molecule has 0 aliphatic heterocycles. The van der Waals surface area contributed by atoms with Crippen LogP contribution in [0.3, 0.4) is 0 Å². The van der Waals surface area contributed by atoms with E-state index in [0.29, 0.717) is 18.7 Å². The van der Waals surface area contributed by atoms with Crippen molar-refractivity contribution in [1.29, 1.82) is 0 Å². The minimum Gasteiger partial charge on any atom is -0.482 e. The molecule has 1 unspecified atom stereocenters. The molecule has 226 valence electrons. The van der Waals surface area contributed by atoms with E-state index in [0.717, 1.165) is 41.5 Å². The first-order chi connectivity index (χ1) is 18.9. The zero-order valence-corrected chi connectivity index (χ0v) is 26.4. The largest absolute Gasteiger partial charge is 0.482 e. The molecule has 0 aliphatic carbocycles. The van der Waals surface area contributed by atoms with Gasteiger partial charge in [-0.25, -0.2) is 0 Å². The van der Waals surface area contributed by atoms with Gasteiger partial charge < -0.3 is 25.8 Å². The Kier molecular flexibility index (Phi) is 12.7. The molecule has 0 bridgehead atoms. The van der Waals surface area contributed by atoms with Gasteiger partial charge in [-0.15, -0.1) is 0 Å². The molecule has 0 spiro atoms. The van der Waals surface area contributed by atoms with E-state index >= 15 is 0 Å². The average molecular weight is 556 g/mol. The fraction of sp³-hybridized carbons (Fsp3) is 0.657. The van der Waals surface area contributed by atoms with E-state index in [2.05, 4.69) is 60.6 Å². The van der Waals surface area contributed by atoms with Crippen LogP contribution in [0.15, 0.2) is 42.5 Å². The van der Waals surface area contributed by atoms with Gasteiger partial charge in [-0.2, -0.15) is 0 Å². The maximum atomic E-state index is 11.0. The third-order valence-electron chi connectivity index (χ3n) is 8.39. The number of ether oxygens (including phenoxy) is 1. The topological polar surface area (TPSA) is 95.9 Å². The predicted octanol–water partition coefficient (Wildman–Crippen LogP) is 7.12. The molecule has 0 saturated heterocycles. The van der Waals surface area contributed by atoms with Gasteiger partial charge in [0.2, 0.25) is 0 Å². The van der Waals surface area contributed by atoms with Crippen molar-refractivity contribution in [2.45, 2.75) is 123 Å². The van der Waals surface area contributed by atoms with Crippen molar-refractivity contribution < 1.29 is 20.1 Å². The molecular weight excluding hydrogens is 498 g/mol. The van der Waals surface area contributed by atoms with E-state index in [1.165, 1.54) is 25.7 Å². The molecule has 2 rings (SSSR count). The Balaban J connectivity index is 2.95. The SMILES string of the molecule is CCCCCCCCCC(Oc1ccccc1)(c1c(C(C)(C)C)cc(CN)cc1C(C)(C)C)C(CO)(CO)CO. The molecule has 5 nitrogen and oxygen atoms in total. The summed E-state index contributed by atoms with van der Waals surface area (Å²) >= 11 is 0. The fourth-order valence-corrected chi connectivity index (χ4v) is 5.86. The second kappa shape index (κ2) is 14.8. The van der Waals surface area contributed by atoms with Crippen LogP contribution in [-0.2, 0) is 23.0 Å². The van der Waals surface area contributed by atoms with Gasteiger partial charge in [0.1, 0.15) is 11.4 Å². The van der Waals surface area contributed by atoms with Crippen LogP contribution in [0.1, 0.15) is 122 Å². The zero-order chi connectivity index (χ0) is 30.0. The summed E-state index contributed by atoms with van der Waals surface area (Å²) in [7, 11) is 0. The molecule has 2 aromatic carbocycles. The van der Waals surface area contributed by atoms with Crippen LogP contribution in [-0.4, -0.2) is 35.1 Å². The first-order valence-electron chi connectivity index (χ1n) is 15.3. The highest BCUT2D eigenvalue weighted by Crippen LogP contribution is 2.53. The van der Waals surface area contributed by atoms with Crippen LogP contribution in [0.5, 0.6) is 5.75 Å². The highest BCUT2D eigenvalue weighted by Gasteiger charge is 2.57. The molecule has 5 heteroatoms. The number of hydrogen-bond acceptors (Lipinski definition) is 5. The molecule has 0 heterocycles. The Morgan fingerprint density at radius 3 is 1.60 bits per heavy atom. The van der Waals surface area contributed by atoms with Crippen molar-refractivity contribution in [2.75, 3.05) is 19.8 Å². The highest BCUT2D eigenvalue weighted by atomic mass is 16.5. The number of unbranched alkanes of at least 4 members (excludes halogenated alkanes) is 6. The molecule has 0 saturated carbocycles. The van der Waals surface area contributed by atoms with Gasteiger partial charge >= 0.3 is 0 Å². The van der Waals surface area contributed by atoms with Crippen molar-refractivity contribution in [3.8, 4) is 5.75 Å². The summed E-state index contributed by atoms with van der Waals surface area (Å²) in [5, 5.41) is 33.1. The third kappa shape index (κ3) is 7.88. The Labute approximate surface area is 244 Å². The van der Waals surface area contributed by atoms with Crippen molar-refractivity contribution >= 4 is 0 Å².